The molecule has 1 saturated carbocycles. The molecule has 0 aromatic carbocycles. The molecule has 0 amide bonds. The summed E-state index contributed by atoms with van der Waals surface area (Å²) in [6.45, 7) is 0.538. The van der Waals surface area contributed by atoms with Crippen molar-refractivity contribution in [3.63, 3.8) is 0 Å². The van der Waals surface area contributed by atoms with Crippen molar-refractivity contribution in [3.8, 4) is 0 Å². The van der Waals surface area contributed by atoms with Gasteiger partial charge in [0.15, 0.2) is 11.6 Å². The molecule has 1 unspecified atom stereocenters. The van der Waals surface area contributed by atoms with E-state index >= 15 is 0 Å². The first-order valence-corrected chi connectivity index (χ1v) is 8.68. The van der Waals surface area contributed by atoms with Crippen LogP contribution in [0.25, 0.3) is 0 Å². The summed E-state index contributed by atoms with van der Waals surface area (Å²) in [4.78, 5) is 24.8. The van der Waals surface area contributed by atoms with Crippen LogP contribution in [0.4, 0.5) is 16.0 Å². The van der Waals surface area contributed by atoms with Crippen molar-refractivity contribution in [2.24, 2.45) is 0 Å². The molecule has 3 heterocycles. The van der Waals surface area contributed by atoms with Gasteiger partial charge < -0.3 is 15.4 Å². The highest BCUT2D eigenvalue weighted by molar-refractivity contribution is 6.30. The molecule has 4 rings (SSSR count). The fourth-order valence-electron chi connectivity index (χ4n) is 3.38. The molecule has 136 valence electrons. The predicted octanol–water partition coefficient (Wildman–Crippen LogP) is 2.73. The second kappa shape index (κ2) is 6.35. The maximum Gasteiger partial charge on any atom is 0.331 e. The van der Waals surface area contributed by atoms with E-state index in [1.165, 1.54) is 7.11 Å². The Morgan fingerprint density at radius 2 is 2.23 bits per heavy atom. The van der Waals surface area contributed by atoms with E-state index in [0.29, 0.717) is 36.1 Å². The molecule has 2 aromatic rings. The van der Waals surface area contributed by atoms with Gasteiger partial charge >= 0.3 is 5.97 Å². The van der Waals surface area contributed by atoms with Gasteiger partial charge in [0.1, 0.15) is 17.2 Å². The number of nitrogens with zero attached hydrogens (tertiary/aromatic N) is 3. The van der Waals surface area contributed by atoms with E-state index in [0.717, 1.165) is 18.2 Å². The van der Waals surface area contributed by atoms with Crippen LogP contribution >= 0.6 is 11.6 Å². The number of hydrogen-bond donors (Lipinski definition) is 2. The van der Waals surface area contributed by atoms with E-state index < -0.39 is 17.3 Å². The number of aromatic nitrogens is 3. The van der Waals surface area contributed by atoms with Crippen LogP contribution < -0.4 is 10.6 Å². The van der Waals surface area contributed by atoms with Gasteiger partial charge in [-0.15, -0.1) is 0 Å². The largest absolute Gasteiger partial charge is 0.467 e. The third-order valence-electron chi connectivity index (χ3n) is 4.95. The van der Waals surface area contributed by atoms with Gasteiger partial charge in [-0.3, -0.25) is 0 Å². The van der Waals surface area contributed by atoms with Crippen LogP contribution in [0.3, 0.4) is 0 Å². The molecule has 0 radical (unpaired) electrons. The number of rotatable bonds is 4. The molecular formula is C17H17ClFN5O2. The van der Waals surface area contributed by atoms with Crippen molar-refractivity contribution in [1.29, 1.82) is 0 Å². The summed E-state index contributed by atoms with van der Waals surface area (Å²) in [7, 11) is 1.32. The zero-order valence-corrected chi connectivity index (χ0v) is 14.8. The van der Waals surface area contributed by atoms with Crippen molar-refractivity contribution in [1.82, 2.24) is 15.0 Å². The Kier molecular flexibility index (Phi) is 4.14. The van der Waals surface area contributed by atoms with Gasteiger partial charge in [0, 0.05) is 18.3 Å². The second-order valence-corrected chi connectivity index (χ2v) is 6.94. The first-order chi connectivity index (χ1) is 12.5. The van der Waals surface area contributed by atoms with E-state index in [4.69, 9.17) is 16.3 Å². The van der Waals surface area contributed by atoms with Crippen LogP contribution in [0, 0.1) is 5.82 Å². The van der Waals surface area contributed by atoms with E-state index in [1.54, 1.807) is 12.3 Å². The molecule has 1 aliphatic carbocycles. The Balaban J connectivity index is 1.66. The highest BCUT2D eigenvalue weighted by Gasteiger charge is 2.46. The number of carbonyl (C=O) groups is 1. The highest BCUT2D eigenvalue weighted by atomic mass is 35.5. The van der Waals surface area contributed by atoms with Crippen LogP contribution in [0.2, 0.25) is 5.02 Å². The number of halogens is 2. The zero-order valence-electron chi connectivity index (χ0n) is 14.1. The molecule has 1 aliphatic heterocycles. The van der Waals surface area contributed by atoms with Crippen molar-refractivity contribution in [2.75, 3.05) is 24.3 Å². The lowest BCUT2D eigenvalue weighted by atomic mass is 9.76. The van der Waals surface area contributed by atoms with Gasteiger partial charge in [-0.1, -0.05) is 11.6 Å². The van der Waals surface area contributed by atoms with Crippen molar-refractivity contribution in [3.05, 3.63) is 40.7 Å². The summed E-state index contributed by atoms with van der Waals surface area (Å²) in [6.07, 6.45) is 4.69. The number of hydrogen-bond acceptors (Lipinski definition) is 7. The van der Waals surface area contributed by atoms with Crippen LogP contribution in [0.5, 0.6) is 0 Å². The number of carbonyl (C=O) groups excluding carboxylic acids is 1. The summed E-state index contributed by atoms with van der Waals surface area (Å²) in [5.41, 5.74) is -0.0563. The molecule has 1 fully saturated rings. The molecule has 2 aromatic heterocycles. The number of fused-ring (bicyclic) bond motifs is 1. The molecule has 0 spiro atoms. The number of esters is 1. The molecule has 7 nitrogen and oxygen atoms in total. The summed E-state index contributed by atoms with van der Waals surface area (Å²) in [5.74, 6) is -0.0710. The zero-order chi connectivity index (χ0) is 18.3. The van der Waals surface area contributed by atoms with Gasteiger partial charge in [-0.05, 0) is 25.3 Å². The Bertz CT molecular complexity index is 874. The van der Waals surface area contributed by atoms with E-state index in [1.807, 2.05) is 0 Å². The second-order valence-electron chi connectivity index (χ2n) is 6.50. The average Bonchev–Trinajstić information content (AvgIpc) is 3.02. The number of anilines is 2. The molecule has 26 heavy (non-hydrogen) atoms. The average molecular weight is 378 g/mol. The van der Waals surface area contributed by atoms with Gasteiger partial charge in [-0.2, -0.15) is 0 Å². The summed E-state index contributed by atoms with van der Waals surface area (Å²) >= 11 is 6.04. The molecule has 2 aliphatic rings. The number of pyridine rings is 1. The number of methoxy groups -OCH3 is 1. The van der Waals surface area contributed by atoms with E-state index in [2.05, 4.69) is 25.6 Å². The standard InChI is InChI=1S/C17H17ClFN5O2/c1-26-16(25)17(3-2-4-17)24-15-12(19)8-22-14(23-15)11-7-21-13-10(11)5-9(18)6-20-13/h5-6,8,11H,2-4,7H2,1H3,(H,20,21)(H,22,23,24). The van der Waals surface area contributed by atoms with Gasteiger partial charge in [0.05, 0.1) is 24.2 Å². The number of nitrogens with one attached hydrogen (secondary N) is 2. The normalized spacial score (nSPS) is 19.9. The SMILES string of the molecule is COC(=O)C1(Nc2nc(C3CNc4ncc(Cl)cc43)ncc2F)CCC1. The summed E-state index contributed by atoms with van der Waals surface area (Å²) < 4.78 is 19.1. The van der Waals surface area contributed by atoms with Crippen LogP contribution in [0.15, 0.2) is 18.5 Å². The lowest BCUT2D eigenvalue weighted by Gasteiger charge is -2.39. The Morgan fingerprint density at radius 1 is 1.42 bits per heavy atom. The minimum Gasteiger partial charge on any atom is -0.467 e. The highest BCUT2D eigenvalue weighted by Crippen LogP contribution is 2.38. The maximum atomic E-state index is 14.3. The maximum absolute atomic E-state index is 14.3. The third-order valence-corrected chi connectivity index (χ3v) is 5.15. The molecule has 0 saturated heterocycles. The van der Waals surface area contributed by atoms with Crippen LogP contribution in [0.1, 0.15) is 36.6 Å². The Morgan fingerprint density at radius 3 is 2.92 bits per heavy atom. The van der Waals surface area contributed by atoms with Crippen LogP contribution in [-0.2, 0) is 9.53 Å². The third kappa shape index (κ3) is 2.74. The molecule has 1 atom stereocenters. The number of ether oxygens (including phenoxy) is 1. The molecule has 9 heteroatoms. The monoisotopic (exact) mass is 377 g/mol. The van der Waals surface area contributed by atoms with Crippen LogP contribution in [-0.4, -0.2) is 40.1 Å². The Hall–Kier alpha value is -2.48. The lowest BCUT2D eigenvalue weighted by Crippen LogP contribution is -2.53. The van der Waals surface area contributed by atoms with E-state index in [9.17, 15) is 9.18 Å². The van der Waals surface area contributed by atoms with Crippen molar-refractivity contribution < 1.29 is 13.9 Å². The minimum absolute atomic E-state index is 0.00328. The van der Waals surface area contributed by atoms with Gasteiger partial charge in [0.25, 0.3) is 0 Å². The van der Waals surface area contributed by atoms with E-state index in [-0.39, 0.29) is 11.7 Å². The van der Waals surface area contributed by atoms with Crippen molar-refractivity contribution in [2.45, 2.75) is 30.7 Å². The predicted molar refractivity (Wildman–Crippen MR) is 93.8 cm³/mol. The summed E-state index contributed by atoms with van der Waals surface area (Å²) in [5, 5.41) is 6.63. The fourth-order valence-corrected chi connectivity index (χ4v) is 3.54. The first kappa shape index (κ1) is 17.0. The minimum atomic E-state index is -0.919. The lowest BCUT2D eigenvalue weighted by molar-refractivity contribution is -0.149. The first-order valence-electron chi connectivity index (χ1n) is 8.31. The molecular weight excluding hydrogens is 361 g/mol. The summed E-state index contributed by atoms with van der Waals surface area (Å²) in [6, 6.07) is 1.80. The smallest absolute Gasteiger partial charge is 0.331 e. The molecule has 2 N–H and O–H groups in total. The molecule has 0 bridgehead atoms. The Labute approximate surface area is 154 Å². The fraction of sp³-hybridized carbons (Fsp3) is 0.412. The van der Waals surface area contributed by atoms with Gasteiger partial charge in [-0.25, -0.2) is 24.1 Å². The quantitative estimate of drug-likeness (QED) is 0.792. The van der Waals surface area contributed by atoms with Gasteiger partial charge in [0.2, 0.25) is 0 Å². The van der Waals surface area contributed by atoms with Crippen molar-refractivity contribution >= 4 is 29.2 Å². The topological polar surface area (TPSA) is 89.0 Å².